The highest BCUT2D eigenvalue weighted by Gasteiger charge is 2.25. The second-order valence-electron chi connectivity index (χ2n) is 6.66. The molecule has 0 heterocycles. The Balaban J connectivity index is 1.77. The zero-order chi connectivity index (χ0) is 14.4. The Bertz CT molecular complexity index is 378. The van der Waals surface area contributed by atoms with Crippen molar-refractivity contribution in [3.8, 4) is 0 Å². The van der Waals surface area contributed by atoms with Crippen molar-refractivity contribution >= 4 is 0 Å². The lowest BCUT2D eigenvalue weighted by atomic mass is 9.81. The Kier molecular flexibility index (Phi) is 5.62. The summed E-state index contributed by atoms with van der Waals surface area (Å²) in [4.78, 5) is 0. The van der Waals surface area contributed by atoms with Crippen molar-refractivity contribution < 1.29 is 5.11 Å². The van der Waals surface area contributed by atoms with E-state index in [0.29, 0.717) is 6.04 Å². The quantitative estimate of drug-likeness (QED) is 0.829. The third kappa shape index (κ3) is 4.07. The first kappa shape index (κ1) is 15.5. The minimum Gasteiger partial charge on any atom is -0.396 e. The van der Waals surface area contributed by atoms with Crippen LogP contribution in [0.5, 0.6) is 0 Å². The first-order chi connectivity index (χ1) is 9.67. The summed E-state index contributed by atoms with van der Waals surface area (Å²) in [5, 5.41) is 13.1. The molecule has 2 rings (SSSR count). The molecule has 1 aromatic carbocycles. The van der Waals surface area contributed by atoms with Gasteiger partial charge in [-0.25, -0.2) is 0 Å². The van der Waals surface area contributed by atoms with Crippen LogP contribution in [-0.4, -0.2) is 24.3 Å². The molecule has 2 N–H and O–H groups in total. The van der Waals surface area contributed by atoms with E-state index >= 15 is 0 Å². The molecule has 0 aliphatic heterocycles. The monoisotopic (exact) mass is 275 g/mol. The number of hydrogen-bond donors (Lipinski definition) is 2. The summed E-state index contributed by atoms with van der Waals surface area (Å²) in [5.41, 5.74) is 1.54. The van der Waals surface area contributed by atoms with Gasteiger partial charge in [0.25, 0.3) is 0 Å². The fourth-order valence-electron chi connectivity index (χ4n) is 3.04. The average Bonchev–Trinajstić information content (AvgIpc) is 2.54. The maximum Gasteiger partial charge on any atom is 0.0496 e. The van der Waals surface area contributed by atoms with E-state index in [-0.39, 0.29) is 12.0 Å². The summed E-state index contributed by atoms with van der Waals surface area (Å²) < 4.78 is 0. The highest BCUT2D eigenvalue weighted by atomic mass is 16.3. The van der Waals surface area contributed by atoms with Crippen molar-refractivity contribution in [1.82, 2.24) is 5.32 Å². The van der Waals surface area contributed by atoms with Crippen molar-refractivity contribution in [3.63, 3.8) is 0 Å². The van der Waals surface area contributed by atoms with Gasteiger partial charge in [-0.3, -0.25) is 0 Å². The van der Waals surface area contributed by atoms with Crippen LogP contribution in [0.4, 0.5) is 0 Å². The van der Waals surface area contributed by atoms with Gasteiger partial charge in [0, 0.05) is 24.6 Å². The highest BCUT2D eigenvalue weighted by molar-refractivity contribution is 5.20. The minimum absolute atomic E-state index is 0.0380. The number of rotatable bonds is 6. The van der Waals surface area contributed by atoms with Crippen molar-refractivity contribution in [1.29, 1.82) is 0 Å². The van der Waals surface area contributed by atoms with Crippen molar-refractivity contribution in [2.45, 2.75) is 57.9 Å². The molecule has 2 heteroatoms. The van der Waals surface area contributed by atoms with E-state index < -0.39 is 0 Å². The van der Waals surface area contributed by atoms with Crippen LogP contribution < -0.4 is 5.32 Å². The van der Waals surface area contributed by atoms with Gasteiger partial charge >= 0.3 is 0 Å². The normalized spacial score (nSPS) is 26.1. The zero-order valence-electron chi connectivity index (χ0n) is 12.9. The lowest BCUT2D eigenvalue weighted by molar-refractivity contribution is 0.128. The molecule has 0 saturated heterocycles. The zero-order valence-corrected chi connectivity index (χ0v) is 12.9. The number of benzene rings is 1. The van der Waals surface area contributed by atoms with Crippen LogP contribution in [0.25, 0.3) is 0 Å². The molecule has 20 heavy (non-hydrogen) atoms. The predicted octanol–water partition coefficient (Wildman–Crippen LogP) is 3.71. The van der Waals surface area contributed by atoms with E-state index in [1.54, 1.807) is 0 Å². The average molecular weight is 275 g/mol. The van der Waals surface area contributed by atoms with Crippen LogP contribution >= 0.6 is 0 Å². The van der Waals surface area contributed by atoms with Crippen LogP contribution in [0.2, 0.25) is 0 Å². The molecule has 0 spiro atoms. The maximum absolute atomic E-state index is 9.47. The van der Waals surface area contributed by atoms with E-state index in [2.05, 4.69) is 49.5 Å². The molecule has 112 valence electrons. The lowest BCUT2D eigenvalue weighted by Gasteiger charge is -2.33. The molecule has 1 saturated carbocycles. The van der Waals surface area contributed by atoms with E-state index in [1.165, 1.54) is 31.2 Å². The minimum atomic E-state index is 0.0380. The fraction of sp³-hybridized carbons (Fsp3) is 0.667. The number of aliphatic hydroxyl groups excluding tert-OH is 1. The number of hydrogen-bond acceptors (Lipinski definition) is 2. The summed E-state index contributed by atoms with van der Waals surface area (Å²) in [6, 6.07) is 11.5. The second kappa shape index (κ2) is 7.24. The standard InChI is InChI=1S/C18H29NO/c1-3-18(2,14-20)13-19-17-11-9-16(10-12-17)15-7-5-4-6-8-15/h4-8,16-17,19-20H,3,9-14H2,1-2H3. The van der Waals surface area contributed by atoms with Crippen molar-refractivity contribution in [2.75, 3.05) is 13.2 Å². The molecule has 0 bridgehead atoms. The smallest absolute Gasteiger partial charge is 0.0496 e. The molecule has 1 unspecified atom stereocenters. The molecule has 1 aliphatic rings. The summed E-state index contributed by atoms with van der Waals surface area (Å²) in [5.74, 6) is 0.740. The summed E-state index contributed by atoms with van der Waals surface area (Å²) >= 11 is 0. The van der Waals surface area contributed by atoms with Gasteiger partial charge < -0.3 is 10.4 Å². The van der Waals surface area contributed by atoms with Crippen LogP contribution in [-0.2, 0) is 0 Å². The Morgan fingerprint density at radius 3 is 2.35 bits per heavy atom. The topological polar surface area (TPSA) is 32.3 Å². The SMILES string of the molecule is CCC(C)(CO)CNC1CCC(c2ccccc2)CC1. The third-order valence-corrected chi connectivity index (χ3v) is 5.05. The molecule has 2 nitrogen and oxygen atoms in total. The number of aliphatic hydroxyl groups is 1. The summed E-state index contributed by atoms with van der Waals surface area (Å²) in [7, 11) is 0. The van der Waals surface area contributed by atoms with Crippen molar-refractivity contribution in [3.05, 3.63) is 35.9 Å². The molecule has 1 aliphatic carbocycles. The Morgan fingerprint density at radius 1 is 1.15 bits per heavy atom. The molecular formula is C18H29NO. The van der Waals surface area contributed by atoms with Gasteiger partial charge in [0.05, 0.1) is 0 Å². The molecule has 0 amide bonds. The van der Waals surface area contributed by atoms with E-state index in [1.807, 2.05) is 0 Å². The van der Waals surface area contributed by atoms with Crippen LogP contribution in [0.1, 0.15) is 57.4 Å². The van der Waals surface area contributed by atoms with Gasteiger partial charge in [-0.05, 0) is 43.6 Å². The number of nitrogens with one attached hydrogen (secondary N) is 1. The summed E-state index contributed by atoms with van der Waals surface area (Å²) in [6.45, 7) is 5.52. The van der Waals surface area contributed by atoms with Gasteiger partial charge in [-0.2, -0.15) is 0 Å². The molecule has 1 atom stereocenters. The van der Waals surface area contributed by atoms with Crippen LogP contribution in [0.3, 0.4) is 0 Å². The van der Waals surface area contributed by atoms with Crippen molar-refractivity contribution in [2.24, 2.45) is 5.41 Å². The first-order valence-electron chi connectivity index (χ1n) is 8.06. The molecule has 1 fully saturated rings. The second-order valence-corrected chi connectivity index (χ2v) is 6.66. The van der Waals surface area contributed by atoms with Gasteiger partial charge in [0.2, 0.25) is 0 Å². The molecule has 0 radical (unpaired) electrons. The molecule has 1 aromatic rings. The third-order valence-electron chi connectivity index (χ3n) is 5.05. The van der Waals surface area contributed by atoms with Crippen LogP contribution in [0, 0.1) is 5.41 Å². The van der Waals surface area contributed by atoms with E-state index in [0.717, 1.165) is 18.9 Å². The largest absolute Gasteiger partial charge is 0.396 e. The lowest BCUT2D eigenvalue weighted by Crippen LogP contribution is -2.41. The van der Waals surface area contributed by atoms with Gasteiger partial charge in [-0.15, -0.1) is 0 Å². The van der Waals surface area contributed by atoms with Gasteiger partial charge in [-0.1, -0.05) is 44.2 Å². The Morgan fingerprint density at radius 2 is 1.80 bits per heavy atom. The Hall–Kier alpha value is -0.860. The predicted molar refractivity (Wildman–Crippen MR) is 84.9 cm³/mol. The molecule has 0 aromatic heterocycles. The Labute approximate surface area is 123 Å². The van der Waals surface area contributed by atoms with Gasteiger partial charge in [0.1, 0.15) is 0 Å². The highest BCUT2D eigenvalue weighted by Crippen LogP contribution is 2.33. The van der Waals surface area contributed by atoms with E-state index in [4.69, 9.17) is 0 Å². The van der Waals surface area contributed by atoms with Gasteiger partial charge in [0.15, 0.2) is 0 Å². The maximum atomic E-state index is 9.47. The fourth-order valence-corrected chi connectivity index (χ4v) is 3.04. The first-order valence-corrected chi connectivity index (χ1v) is 8.06. The summed E-state index contributed by atoms with van der Waals surface area (Å²) in [6.07, 6.45) is 6.10. The van der Waals surface area contributed by atoms with Crippen LogP contribution in [0.15, 0.2) is 30.3 Å². The van der Waals surface area contributed by atoms with E-state index in [9.17, 15) is 5.11 Å². The molecular weight excluding hydrogens is 246 g/mol.